The second-order valence-corrected chi connectivity index (χ2v) is 6.92. The third-order valence-corrected chi connectivity index (χ3v) is 4.89. The lowest BCUT2D eigenvalue weighted by Crippen LogP contribution is -2.24. The zero-order chi connectivity index (χ0) is 19.1. The summed E-state index contributed by atoms with van der Waals surface area (Å²) in [5.74, 6) is 1.10. The van der Waals surface area contributed by atoms with Gasteiger partial charge in [-0.05, 0) is 49.2 Å². The van der Waals surface area contributed by atoms with Crippen molar-refractivity contribution in [1.29, 1.82) is 0 Å². The number of methoxy groups -OCH3 is 1. The minimum Gasteiger partial charge on any atom is -0.496 e. The third kappa shape index (κ3) is 5.59. The molecule has 2 aromatic carbocycles. The molecule has 138 valence electrons. The van der Waals surface area contributed by atoms with Crippen LogP contribution in [-0.4, -0.2) is 24.6 Å². The molecule has 0 heterocycles. The monoisotopic (exact) mass is 375 g/mol. The minimum absolute atomic E-state index is 0.0121. The molecule has 0 aromatic heterocycles. The molecule has 0 aliphatic carbocycles. The third-order valence-electron chi connectivity index (χ3n) is 3.90. The van der Waals surface area contributed by atoms with E-state index < -0.39 is 0 Å². The minimum atomic E-state index is -0.274. The predicted octanol–water partition coefficient (Wildman–Crippen LogP) is 3.89. The van der Waals surface area contributed by atoms with Crippen LogP contribution in [0.2, 0.25) is 0 Å². The van der Waals surface area contributed by atoms with Crippen LogP contribution in [-0.2, 0) is 17.1 Å². The number of carbonyl (C=O) groups excluding carboxylic acids is 2. The maximum Gasteiger partial charge on any atom is 0.230 e. The molecule has 2 aromatic rings. The number of hydrogen-bond donors (Lipinski definition) is 1. The summed E-state index contributed by atoms with van der Waals surface area (Å²) < 4.78 is 18.8. The first-order chi connectivity index (χ1) is 12.4. The molecule has 26 heavy (non-hydrogen) atoms. The molecule has 0 atom stereocenters. The molecule has 0 bridgehead atoms. The summed E-state index contributed by atoms with van der Waals surface area (Å²) in [4.78, 5) is 23.5. The number of carbonyl (C=O) groups is 2. The molecule has 1 amide bonds. The summed E-state index contributed by atoms with van der Waals surface area (Å²) in [5.41, 5.74) is 2.80. The lowest BCUT2D eigenvalue weighted by atomic mass is 10.1. The lowest BCUT2D eigenvalue weighted by Gasteiger charge is -2.10. The van der Waals surface area contributed by atoms with Crippen molar-refractivity contribution in [3.63, 3.8) is 0 Å². The van der Waals surface area contributed by atoms with Gasteiger partial charge in [0.05, 0.1) is 12.9 Å². The van der Waals surface area contributed by atoms with Crippen LogP contribution in [0.4, 0.5) is 4.39 Å². The van der Waals surface area contributed by atoms with Gasteiger partial charge < -0.3 is 10.1 Å². The normalized spacial score (nSPS) is 10.5. The average Bonchev–Trinajstić information content (AvgIpc) is 2.62. The Bertz CT molecular complexity index is 808. The molecule has 0 saturated heterocycles. The van der Waals surface area contributed by atoms with E-state index in [0.717, 1.165) is 11.1 Å². The number of ketones is 1. The van der Waals surface area contributed by atoms with Crippen LogP contribution in [0, 0.1) is 12.7 Å². The van der Waals surface area contributed by atoms with Crippen molar-refractivity contribution < 1.29 is 18.7 Å². The van der Waals surface area contributed by atoms with E-state index in [2.05, 4.69) is 5.32 Å². The number of Topliss-reactive ketones (excluding diaryl/α,β-unsaturated/α-hetero) is 1. The summed E-state index contributed by atoms with van der Waals surface area (Å²) >= 11 is 1.43. The van der Waals surface area contributed by atoms with Crippen LogP contribution in [0.3, 0.4) is 0 Å². The Balaban J connectivity index is 1.85. The number of hydrogen-bond acceptors (Lipinski definition) is 4. The molecule has 0 saturated carbocycles. The van der Waals surface area contributed by atoms with E-state index in [9.17, 15) is 14.0 Å². The summed E-state index contributed by atoms with van der Waals surface area (Å²) in [6, 6.07) is 10.2. The van der Waals surface area contributed by atoms with E-state index in [1.54, 1.807) is 44.4 Å². The molecule has 1 N–H and O–H groups in total. The Morgan fingerprint density at radius 1 is 1.19 bits per heavy atom. The number of halogens is 1. The highest BCUT2D eigenvalue weighted by atomic mass is 32.2. The number of benzene rings is 2. The molecule has 4 nitrogen and oxygen atoms in total. The van der Waals surface area contributed by atoms with Gasteiger partial charge in [-0.2, -0.15) is 0 Å². The van der Waals surface area contributed by atoms with E-state index in [1.807, 2.05) is 0 Å². The molecule has 2 rings (SSSR count). The smallest absolute Gasteiger partial charge is 0.230 e. The highest BCUT2D eigenvalue weighted by molar-refractivity contribution is 7.99. The first-order valence-electron chi connectivity index (χ1n) is 8.18. The standard InChI is InChI=1S/C20H22FNO3S/c1-13-4-5-15(8-18(13)21)10-22-20(24)12-26-11-17-9-16(14(2)23)6-7-19(17)25-3/h4-9H,10-12H2,1-3H3,(H,22,24). The van der Waals surface area contributed by atoms with Crippen molar-refractivity contribution in [2.24, 2.45) is 0 Å². The Labute approximate surface area is 157 Å². The average molecular weight is 375 g/mol. The predicted molar refractivity (Wildman–Crippen MR) is 102 cm³/mol. The SMILES string of the molecule is COc1ccc(C(C)=O)cc1CSCC(=O)NCc1ccc(C)c(F)c1. The fourth-order valence-corrected chi connectivity index (χ4v) is 3.20. The van der Waals surface area contributed by atoms with Crippen LogP contribution >= 0.6 is 11.8 Å². The number of rotatable bonds is 8. The summed E-state index contributed by atoms with van der Waals surface area (Å²) in [6.07, 6.45) is 0. The van der Waals surface area contributed by atoms with E-state index in [0.29, 0.717) is 29.2 Å². The Kier molecular flexibility index (Phi) is 7.21. The first-order valence-corrected chi connectivity index (χ1v) is 9.33. The molecular formula is C20H22FNO3S. The van der Waals surface area contributed by atoms with Crippen LogP contribution in [0.5, 0.6) is 5.75 Å². The molecule has 0 unspecified atom stereocenters. The largest absolute Gasteiger partial charge is 0.496 e. The Hall–Kier alpha value is -2.34. The Morgan fingerprint density at radius 2 is 1.96 bits per heavy atom. The number of ether oxygens (including phenoxy) is 1. The van der Waals surface area contributed by atoms with Gasteiger partial charge in [-0.1, -0.05) is 12.1 Å². The summed E-state index contributed by atoms with van der Waals surface area (Å²) in [5, 5.41) is 2.78. The molecule has 0 aliphatic rings. The van der Waals surface area contributed by atoms with E-state index >= 15 is 0 Å². The van der Waals surface area contributed by atoms with Crippen LogP contribution in [0.15, 0.2) is 36.4 Å². The first kappa shape index (κ1) is 20.0. The van der Waals surface area contributed by atoms with Crippen molar-refractivity contribution in [3.05, 3.63) is 64.5 Å². The van der Waals surface area contributed by atoms with Crippen molar-refractivity contribution in [2.75, 3.05) is 12.9 Å². The van der Waals surface area contributed by atoms with Crippen LogP contribution in [0.1, 0.15) is 34.0 Å². The van der Waals surface area contributed by atoms with E-state index in [1.165, 1.54) is 24.8 Å². The summed E-state index contributed by atoms with van der Waals surface area (Å²) in [7, 11) is 1.57. The van der Waals surface area contributed by atoms with Crippen molar-refractivity contribution in [3.8, 4) is 5.75 Å². The van der Waals surface area contributed by atoms with Gasteiger partial charge in [-0.25, -0.2) is 4.39 Å². The molecule has 0 fully saturated rings. The number of amides is 1. The van der Waals surface area contributed by atoms with Crippen LogP contribution < -0.4 is 10.1 Å². The molecule has 6 heteroatoms. The fourth-order valence-electron chi connectivity index (χ4n) is 2.36. The van der Waals surface area contributed by atoms with Gasteiger partial charge in [0, 0.05) is 23.4 Å². The topological polar surface area (TPSA) is 55.4 Å². The number of nitrogens with one attached hydrogen (secondary N) is 1. The number of aryl methyl sites for hydroxylation is 1. The quantitative estimate of drug-likeness (QED) is 0.711. The van der Waals surface area contributed by atoms with Crippen molar-refractivity contribution >= 4 is 23.5 Å². The maximum atomic E-state index is 13.5. The van der Waals surface area contributed by atoms with Gasteiger partial charge >= 0.3 is 0 Å². The highest BCUT2D eigenvalue weighted by Gasteiger charge is 2.09. The number of thioether (sulfide) groups is 1. The highest BCUT2D eigenvalue weighted by Crippen LogP contribution is 2.24. The zero-order valence-corrected chi connectivity index (χ0v) is 15.9. The van der Waals surface area contributed by atoms with Gasteiger partial charge in [0.15, 0.2) is 5.78 Å². The molecular weight excluding hydrogens is 353 g/mol. The van der Waals surface area contributed by atoms with Gasteiger partial charge in [0.25, 0.3) is 0 Å². The van der Waals surface area contributed by atoms with E-state index in [4.69, 9.17) is 4.74 Å². The molecule has 0 spiro atoms. The van der Waals surface area contributed by atoms with Gasteiger partial charge in [0.2, 0.25) is 5.91 Å². The zero-order valence-electron chi connectivity index (χ0n) is 15.1. The lowest BCUT2D eigenvalue weighted by molar-refractivity contribution is -0.118. The van der Waals surface area contributed by atoms with E-state index in [-0.39, 0.29) is 23.3 Å². The van der Waals surface area contributed by atoms with Crippen molar-refractivity contribution in [1.82, 2.24) is 5.32 Å². The second-order valence-electron chi connectivity index (χ2n) is 5.94. The van der Waals surface area contributed by atoms with Gasteiger partial charge in [-0.15, -0.1) is 11.8 Å². The van der Waals surface area contributed by atoms with Crippen molar-refractivity contribution in [2.45, 2.75) is 26.1 Å². The molecule has 0 aliphatic heterocycles. The van der Waals surface area contributed by atoms with Crippen LogP contribution in [0.25, 0.3) is 0 Å². The second kappa shape index (κ2) is 9.38. The fraction of sp³-hybridized carbons (Fsp3) is 0.300. The maximum absolute atomic E-state index is 13.5. The summed E-state index contributed by atoms with van der Waals surface area (Å²) in [6.45, 7) is 3.50. The van der Waals surface area contributed by atoms with Gasteiger partial charge in [0.1, 0.15) is 11.6 Å². The molecule has 0 radical (unpaired) electrons. The van der Waals surface area contributed by atoms with Gasteiger partial charge in [-0.3, -0.25) is 9.59 Å². The Morgan fingerprint density at radius 3 is 2.62 bits per heavy atom.